The Morgan fingerprint density at radius 2 is 1.73 bits per heavy atom. The Labute approximate surface area is 70.8 Å². The molecule has 68 valence electrons. The van der Waals surface area contributed by atoms with Gasteiger partial charge in [-0.2, -0.15) is 0 Å². The molecule has 11 heavy (non-hydrogen) atoms. The summed E-state index contributed by atoms with van der Waals surface area (Å²) in [4.78, 5) is 2.42. The van der Waals surface area contributed by atoms with Crippen molar-refractivity contribution in [2.75, 3.05) is 19.6 Å². The lowest BCUT2D eigenvalue weighted by atomic mass is 10.1. The van der Waals surface area contributed by atoms with Gasteiger partial charge in [0.25, 0.3) is 0 Å². The van der Waals surface area contributed by atoms with E-state index in [2.05, 4.69) is 32.6 Å². The number of nitrogens with zero attached hydrogens (tertiary/aromatic N) is 1. The molecular formula is C9H22N2. The van der Waals surface area contributed by atoms with Gasteiger partial charge in [0.15, 0.2) is 0 Å². The van der Waals surface area contributed by atoms with Crippen LogP contribution in [0.15, 0.2) is 0 Å². The summed E-state index contributed by atoms with van der Waals surface area (Å²) in [5.41, 5.74) is 5.79. The largest absolute Gasteiger partial charge is 0.329 e. The van der Waals surface area contributed by atoms with Gasteiger partial charge in [-0.25, -0.2) is 0 Å². The maximum absolute atomic E-state index is 5.51. The molecule has 0 saturated heterocycles. The highest BCUT2D eigenvalue weighted by Gasteiger charge is 2.18. The fraction of sp³-hybridized carbons (Fsp3) is 1.00. The fourth-order valence-corrected chi connectivity index (χ4v) is 1.21. The molecule has 0 fully saturated rings. The second-order valence-corrected chi connectivity index (χ2v) is 3.95. The van der Waals surface area contributed by atoms with Gasteiger partial charge in [-0.3, -0.25) is 4.90 Å². The van der Waals surface area contributed by atoms with E-state index in [1.807, 2.05) is 0 Å². The maximum atomic E-state index is 5.51. The molecule has 0 rings (SSSR count). The molecule has 0 saturated carbocycles. The first-order valence-corrected chi connectivity index (χ1v) is 4.47. The Kier molecular flexibility index (Phi) is 4.69. The molecule has 0 spiro atoms. The van der Waals surface area contributed by atoms with Gasteiger partial charge in [-0.1, -0.05) is 6.92 Å². The molecule has 0 radical (unpaired) electrons. The zero-order valence-corrected chi connectivity index (χ0v) is 8.35. The van der Waals surface area contributed by atoms with Crippen molar-refractivity contribution >= 4 is 0 Å². The van der Waals surface area contributed by atoms with Crippen LogP contribution in [-0.4, -0.2) is 30.1 Å². The molecular weight excluding hydrogens is 136 g/mol. The second kappa shape index (κ2) is 4.73. The van der Waals surface area contributed by atoms with Crippen LogP contribution in [0.2, 0.25) is 0 Å². The zero-order chi connectivity index (χ0) is 8.91. The van der Waals surface area contributed by atoms with Crippen LogP contribution in [0.4, 0.5) is 0 Å². The molecule has 0 amide bonds. The van der Waals surface area contributed by atoms with Gasteiger partial charge in [0, 0.05) is 18.6 Å². The van der Waals surface area contributed by atoms with Crippen molar-refractivity contribution < 1.29 is 0 Å². The highest BCUT2D eigenvalue weighted by molar-refractivity contribution is 4.75. The van der Waals surface area contributed by atoms with Crippen LogP contribution in [0.25, 0.3) is 0 Å². The van der Waals surface area contributed by atoms with Crippen molar-refractivity contribution in [1.82, 2.24) is 4.90 Å². The summed E-state index contributed by atoms with van der Waals surface area (Å²) in [6.07, 6.45) is 1.21. The first-order valence-electron chi connectivity index (χ1n) is 4.47. The minimum Gasteiger partial charge on any atom is -0.329 e. The second-order valence-electron chi connectivity index (χ2n) is 3.95. The van der Waals surface area contributed by atoms with Crippen molar-refractivity contribution in [3.8, 4) is 0 Å². The smallest absolute Gasteiger partial charge is 0.0125 e. The Hall–Kier alpha value is -0.0800. The van der Waals surface area contributed by atoms with Gasteiger partial charge in [0.05, 0.1) is 0 Å². The van der Waals surface area contributed by atoms with E-state index in [1.54, 1.807) is 0 Å². The summed E-state index contributed by atoms with van der Waals surface area (Å²) in [7, 11) is 0. The van der Waals surface area contributed by atoms with Crippen LogP contribution in [0, 0.1) is 0 Å². The fourth-order valence-electron chi connectivity index (χ4n) is 1.21. The molecule has 0 heterocycles. The number of rotatable bonds is 4. The molecule has 0 aromatic rings. The van der Waals surface area contributed by atoms with E-state index in [1.165, 1.54) is 6.42 Å². The van der Waals surface area contributed by atoms with E-state index < -0.39 is 0 Å². The number of hydrogen-bond donors (Lipinski definition) is 1. The van der Waals surface area contributed by atoms with E-state index in [4.69, 9.17) is 5.73 Å². The highest BCUT2D eigenvalue weighted by atomic mass is 15.2. The van der Waals surface area contributed by atoms with Crippen molar-refractivity contribution in [2.45, 2.75) is 39.7 Å². The average Bonchev–Trinajstić information content (AvgIpc) is 1.85. The van der Waals surface area contributed by atoms with E-state index >= 15 is 0 Å². The van der Waals surface area contributed by atoms with Crippen LogP contribution in [0.3, 0.4) is 0 Å². The summed E-state index contributed by atoms with van der Waals surface area (Å²) < 4.78 is 0. The maximum Gasteiger partial charge on any atom is 0.0125 e. The minimum absolute atomic E-state index is 0.273. The summed E-state index contributed by atoms with van der Waals surface area (Å²) >= 11 is 0. The van der Waals surface area contributed by atoms with E-state index in [-0.39, 0.29) is 5.54 Å². The number of hydrogen-bond acceptors (Lipinski definition) is 2. The van der Waals surface area contributed by atoms with Crippen molar-refractivity contribution in [3.63, 3.8) is 0 Å². The molecule has 2 heteroatoms. The third-order valence-electron chi connectivity index (χ3n) is 1.84. The number of nitrogens with two attached hydrogens (primary N) is 1. The van der Waals surface area contributed by atoms with Crippen LogP contribution in [0.1, 0.15) is 34.1 Å². The van der Waals surface area contributed by atoms with Gasteiger partial charge in [-0.05, 0) is 33.7 Å². The van der Waals surface area contributed by atoms with Gasteiger partial charge in [-0.15, -0.1) is 0 Å². The van der Waals surface area contributed by atoms with E-state index in [0.717, 1.165) is 19.6 Å². The van der Waals surface area contributed by atoms with Gasteiger partial charge in [0.1, 0.15) is 0 Å². The molecule has 0 aromatic heterocycles. The quantitative estimate of drug-likeness (QED) is 0.671. The summed E-state index contributed by atoms with van der Waals surface area (Å²) in [6, 6.07) is 0. The Morgan fingerprint density at radius 1 is 1.18 bits per heavy atom. The summed E-state index contributed by atoms with van der Waals surface area (Å²) in [5, 5.41) is 0. The first kappa shape index (κ1) is 10.9. The Bertz CT molecular complexity index is 88.2. The average molecular weight is 158 g/mol. The van der Waals surface area contributed by atoms with Crippen molar-refractivity contribution in [3.05, 3.63) is 0 Å². The highest BCUT2D eigenvalue weighted by Crippen LogP contribution is 2.12. The lowest BCUT2D eigenvalue weighted by Crippen LogP contribution is -2.44. The van der Waals surface area contributed by atoms with Crippen molar-refractivity contribution in [2.24, 2.45) is 5.73 Å². The predicted octanol–water partition coefficient (Wildman–Crippen LogP) is 1.46. The molecule has 0 aliphatic heterocycles. The summed E-state index contributed by atoms with van der Waals surface area (Å²) in [5.74, 6) is 0. The zero-order valence-electron chi connectivity index (χ0n) is 8.35. The molecule has 0 unspecified atom stereocenters. The van der Waals surface area contributed by atoms with Crippen molar-refractivity contribution in [1.29, 1.82) is 0 Å². The van der Waals surface area contributed by atoms with Crippen LogP contribution >= 0.6 is 0 Å². The van der Waals surface area contributed by atoms with Gasteiger partial charge < -0.3 is 5.73 Å². The van der Waals surface area contributed by atoms with E-state index in [0.29, 0.717) is 0 Å². The monoisotopic (exact) mass is 158 g/mol. The lowest BCUT2D eigenvalue weighted by molar-refractivity contribution is 0.141. The molecule has 0 atom stereocenters. The standard InChI is InChI=1S/C9H22N2/c1-5-7-11(8-6-10)9(2,3)4/h5-8,10H2,1-4H3. The molecule has 0 bridgehead atoms. The molecule has 0 aliphatic rings. The molecule has 0 aliphatic carbocycles. The lowest BCUT2D eigenvalue weighted by Gasteiger charge is -2.35. The van der Waals surface area contributed by atoms with Gasteiger partial charge >= 0.3 is 0 Å². The Balaban J connectivity index is 3.88. The third kappa shape index (κ3) is 4.38. The first-order chi connectivity index (χ1) is 5.02. The molecule has 2 nitrogen and oxygen atoms in total. The Morgan fingerprint density at radius 3 is 2.00 bits per heavy atom. The molecule has 0 aromatic carbocycles. The third-order valence-corrected chi connectivity index (χ3v) is 1.84. The van der Waals surface area contributed by atoms with E-state index in [9.17, 15) is 0 Å². The molecule has 2 N–H and O–H groups in total. The van der Waals surface area contributed by atoms with Gasteiger partial charge in [0.2, 0.25) is 0 Å². The van der Waals surface area contributed by atoms with Crippen LogP contribution < -0.4 is 5.73 Å². The topological polar surface area (TPSA) is 29.3 Å². The van der Waals surface area contributed by atoms with Crippen LogP contribution in [-0.2, 0) is 0 Å². The SMILES string of the molecule is CCCN(CCN)C(C)(C)C. The normalized spacial score (nSPS) is 12.5. The predicted molar refractivity (Wildman–Crippen MR) is 50.7 cm³/mol. The minimum atomic E-state index is 0.273. The summed E-state index contributed by atoms with van der Waals surface area (Å²) in [6.45, 7) is 11.8. The van der Waals surface area contributed by atoms with Crippen LogP contribution in [0.5, 0.6) is 0 Å².